The van der Waals surface area contributed by atoms with Gasteiger partial charge in [-0.05, 0) is 45.8 Å². The number of benzene rings is 6. The lowest BCUT2D eigenvalue weighted by molar-refractivity contribution is 0.276. The fraction of sp³-hybridized carbons (Fsp3) is 0.0588. The Bertz CT molecular complexity index is 1620. The first-order chi connectivity index (χ1) is 18.8. The van der Waals surface area contributed by atoms with Crippen LogP contribution in [-0.2, 0) is 13.2 Å². The minimum Gasteiger partial charge on any atom is -0.456 e. The number of fused-ring (bicyclic) bond motifs is 2. The van der Waals surface area contributed by atoms with Crippen LogP contribution >= 0.6 is 0 Å². The number of aliphatic hydroxyl groups excluding tert-OH is 2. The molecule has 4 nitrogen and oxygen atoms in total. The van der Waals surface area contributed by atoms with Gasteiger partial charge in [0.05, 0.1) is 13.2 Å². The van der Waals surface area contributed by atoms with Crippen LogP contribution in [0.5, 0.6) is 23.0 Å². The van der Waals surface area contributed by atoms with E-state index < -0.39 is 0 Å². The largest absolute Gasteiger partial charge is 0.456 e. The molecule has 0 aromatic heterocycles. The highest BCUT2D eigenvalue weighted by Gasteiger charge is 2.21. The normalized spacial score (nSPS) is 11.1. The van der Waals surface area contributed by atoms with E-state index in [4.69, 9.17) is 9.47 Å². The Morgan fingerprint density at radius 3 is 1.24 bits per heavy atom. The third kappa shape index (κ3) is 4.37. The van der Waals surface area contributed by atoms with Crippen molar-refractivity contribution in [2.45, 2.75) is 13.2 Å². The number of para-hydroxylation sites is 2. The van der Waals surface area contributed by atoms with Crippen LogP contribution in [-0.4, -0.2) is 10.2 Å². The molecule has 0 spiro atoms. The molecule has 0 aliphatic rings. The SMILES string of the molecule is OCc1ccccc1Oc1ccc2ccccc2c1-c1c(Oc2ccccc2CO)ccc2ccccc12. The van der Waals surface area contributed by atoms with Crippen LogP contribution in [0.25, 0.3) is 32.7 Å². The topological polar surface area (TPSA) is 58.9 Å². The van der Waals surface area contributed by atoms with Gasteiger partial charge >= 0.3 is 0 Å². The van der Waals surface area contributed by atoms with Crippen molar-refractivity contribution in [2.75, 3.05) is 0 Å². The van der Waals surface area contributed by atoms with E-state index in [-0.39, 0.29) is 13.2 Å². The van der Waals surface area contributed by atoms with Crippen molar-refractivity contribution in [3.8, 4) is 34.1 Å². The van der Waals surface area contributed by atoms with Crippen molar-refractivity contribution in [1.29, 1.82) is 0 Å². The van der Waals surface area contributed by atoms with Crippen molar-refractivity contribution in [2.24, 2.45) is 0 Å². The summed E-state index contributed by atoms with van der Waals surface area (Å²) in [6.45, 7) is -0.251. The molecule has 0 amide bonds. The second kappa shape index (κ2) is 10.4. The van der Waals surface area contributed by atoms with Gasteiger partial charge in [0.2, 0.25) is 0 Å². The maximum atomic E-state index is 9.93. The fourth-order valence-electron chi connectivity index (χ4n) is 4.89. The summed E-state index contributed by atoms with van der Waals surface area (Å²) in [5.41, 5.74) is 3.20. The van der Waals surface area contributed by atoms with Crippen molar-refractivity contribution < 1.29 is 19.7 Å². The van der Waals surface area contributed by atoms with E-state index in [9.17, 15) is 10.2 Å². The van der Waals surface area contributed by atoms with Crippen molar-refractivity contribution in [3.63, 3.8) is 0 Å². The van der Waals surface area contributed by atoms with Crippen LogP contribution in [0.1, 0.15) is 11.1 Å². The predicted octanol–water partition coefficient (Wildman–Crippen LogP) is 8.23. The molecule has 6 aromatic rings. The number of aliphatic hydroxyl groups is 2. The summed E-state index contributed by atoms with van der Waals surface area (Å²) in [6.07, 6.45) is 0. The smallest absolute Gasteiger partial charge is 0.136 e. The highest BCUT2D eigenvalue weighted by atomic mass is 16.5. The summed E-state index contributed by atoms with van der Waals surface area (Å²) < 4.78 is 13.1. The lowest BCUT2D eigenvalue weighted by atomic mass is 9.92. The molecule has 0 fully saturated rings. The molecule has 4 heteroatoms. The van der Waals surface area contributed by atoms with Crippen LogP contribution in [0.15, 0.2) is 121 Å². The zero-order valence-corrected chi connectivity index (χ0v) is 20.7. The fourth-order valence-corrected chi connectivity index (χ4v) is 4.89. The molecule has 0 saturated heterocycles. The first-order valence-electron chi connectivity index (χ1n) is 12.5. The van der Waals surface area contributed by atoms with E-state index in [1.807, 2.05) is 97.1 Å². The number of hydrogen-bond donors (Lipinski definition) is 2. The summed E-state index contributed by atoms with van der Waals surface area (Å²) in [6, 6.07) is 39.4. The van der Waals surface area contributed by atoms with E-state index in [0.29, 0.717) is 34.1 Å². The van der Waals surface area contributed by atoms with Gasteiger partial charge in [-0.15, -0.1) is 0 Å². The summed E-state index contributed by atoms with van der Waals surface area (Å²) in [5, 5.41) is 24.0. The van der Waals surface area contributed by atoms with E-state index in [1.54, 1.807) is 0 Å². The second-order valence-corrected chi connectivity index (χ2v) is 9.06. The second-order valence-electron chi connectivity index (χ2n) is 9.06. The lowest BCUT2D eigenvalue weighted by Crippen LogP contribution is -1.97. The number of rotatable bonds is 7. The maximum absolute atomic E-state index is 9.93. The molecule has 0 unspecified atom stereocenters. The Hall–Kier alpha value is -4.64. The van der Waals surface area contributed by atoms with Crippen molar-refractivity contribution in [3.05, 3.63) is 132 Å². The Balaban J connectivity index is 1.65. The van der Waals surface area contributed by atoms with Crippen LogP contribution in [0, 0.1) is 0 Å². The van der Waals surface area contributed by atoms with E-state index in [1.165, 1.54) is 0 Å². The van der Waals surface area contributed by atoms with Crippen LogP contribution in [0.4, 0.5) is 0 Å². The third-order valence-corrected chi connectivity index (χ3v) is 6.76. The lowest BCUT2D eigenvalue weighted by Gasteiger charge is -2.20. The Kier molecular flexibility index (Phi) is 6.49. The molecule has 0 heterocycles. The molecule has 6 rings (SSSR count). The highest BCUT2D eigenvalue weighted by molar-refractivity contribution is 6.09. The van der Waals surface area contributed by atoms with E-state index in [2.05, 4.69) is 24.3 Å². The van der Waals surface area contributed by atoms with Gasteiger partial charge in [-0.25, -0.2) is 0 Å². The van der Waals surface area contributed by atoms with Gasteiger partial charge < -0.3 is 19.7 Å². The molecular weight excluding hydrogens is 472 g/mol. The van der Waals surface area contributed by atoms with Crippen LogP contribution in [0.3, 0.4) is 0 Å². The van der Waals surface area contributed by atoms with Crippen molar-refractivity contribution in [1.82, 2.24) is 0 Å². The Morgan fingerprint density at radius 2 is 0.789 bits per heavy atom. The zero-order chi connectivity index (χ0) is 25.9. The molecule has 38 heavy (non-hydrogen) atoms. The summed E-state index contributed by atoms with van der Waals surface area (Å²) in [5.74, 6) is 2.50. The zero-order valence-electron chi connectivity index (χ0n) is 20.7. The van der Waals surface area contributed by atoms with Gasteiger partial charge in [0, 0.05) is 22.3 Å². The molecule has 0 bridgehead atoms. The molecular formula is C34H26O4. The molecule has 0 saturated carbocycles. The summed E-state index contributed by atoms with van der Waals surface area (Å²) in [7, 11) is 0. The van der Waals surface area contributed by atoms with E-state index >= 15 is 0 Å². The van der Waals surface area contributed by atoms with Gasteiger partial charge in [0.25, 0.3) is 0 Å². The molecule has 0 atom stereocenters. The summed E-state index contributed by atoms with van der Waals surface area (Å²) in [4.78, 5) is 0. The van der Waals surface area contributed by atoms with Gasteiger partial charge in [-0.2, -0.15) is 0 Å². The number of ether oxygens (including phenoxy) is 2. The third-order valence-electron chi connectivity index (χ3n) is 6.76. The standard InChI is InChI=1S/C34H26O4/c35-21-25-11-3-7-15-29(25)37-31-19-17-23-9-1-5-13-27(23)33(31)34-28-14-6-2-10-24(28)18-20-32(34)38-30-16-8-4-12-26(30)22-36/h1-20,35-36H,21-22H2. The Morgan fingerprint density at radius 1 is 0.395 bits per heavy atom. The average molecular weight is 499 g/mol. The molecule has 0 aliphatic heterocycles. The summed E-state index contributed by atoms with van der Waals surface area (Å²) >= 11 is 0. The first kappa shape index (κ1) is 23.7. The molecule has 0 radical (unpaired) electrons. The first-order valence-corrected chi connectivity index (χ1v) is 12.5. The quantitative estimate of drug-likeness (QED) is 0.233. The minimum absolute atomic E-state index is 0.125. The maximum Gasteiger partial charge on any atom is 0.136 e. The highest BCUT2D eigenvalue weighted by Crippen LogP contribution is 2.48. The van der Waals surface area contributed by atoms with E-state index in [0.717, 1.165) is 32.7 Å². The van der Waals surface area contributed by atoms with Gasteiger partial charge in [-0.1, -0.05) is 97.1 Å². The minimum atomic E-state index is -0.125. The monoisotopic (exact) mass is 498 g/mol. The van der Waals surface area contributed by atoms with Gasteiger partial charge in [0.15, 0.2) is 0 Å². The molecule has 0 aliphatic carbocycles. The van der Waals surface area contributed by atoms with Crippen LogP contribution in [0.2, 0.25) is 0 Å². The molecule has 2 N–H and O–H groups in total. The van der Waals surface area contributed by atoms with Crippen molar-refractivity contribution >= 4 is 21.5 Å². The Labute approximate surface area is 221 Å². The predicted molar refractivity (Wildman–Crippen MR) is 152 cm³/mol. The van der Waals surface area contributed by atoms with Gasteiger partial charge in [0.1, 0.15) is 23.0 Å². The molecule has 186 valence electrons. The number of hydrogen-bond acceptors (Lipinski definition) is 4. The molecule has 6 aromatic carbocycles. The van der Waals surface area contributed by atoms with Crippen LogP contribution < -0.4 is 9.47 Å². The average Bonchev–Trinajstić information content (AvgIpc) is 2.98. The van der Waals surface area contributed by atoms with Gasteiger partial charge in [-0.3, -0.25) is 0 Å².